The van der Waals surface area contributed by atoms with E-state index < -0.39 is 20.0 Å². The first-order valence-electron chi connectivity index (χ1n) is 33.2. The van der Waals surface area contributed by atoms with Gasteiger partial charge in [0.25, 0.3) is 0 Å². The molecule has 0 heterocycles. The molecule has 0 saturated heterocycles. The van der Waals surface area contributed by atoms with Gasteiger partial charge in [-0.05, 0) is 103 Å². The van der Waals surface area contributed by atoms with Gasteiger partial charge < -0.3 is 19.8 Å². The summed E-state index contributed by atoms with van der Waals surface area (Å²) in [6.45, 7) is 4.69. The van der Waals surface area contributed by atoms with Crippen LogP contribution in [0, 0.1) is 0 Å². The predicted molar refractivity (Wildman–Crippen MR) is 359 cm³/mol. The van der Waals surface area contributed by atoms with E-state index >= 15 is 0 Å². The van der Waals surface area contributed by atoms with Gasteiger partial charge in [-0.25, -0.2) is 4.57 Å². The second kappa shape index (κ2) is 61.9. The van der Waals surface area contributed by atoms with E-state index in [1.54, 1.807) is 6.08 Å². The lowest BCUT2D eigenvalue weighted by atomic mass is 10.0. The predicted octanol–water partition coefficient (Wildman–Crippen LogP) is 21.2. The molecule has 0 aliphatic heterocycles. The molecule has 0 radical (unpaired) electrons. The zero-order valence-corrected chi connectivity index (χ0v) is 54.3. The van der Waals surface area contributed by atoms with Crippen molar-refractivity contribution in [1.82, 2.24) is 5.32 Å². The zero-order chi connectivity index (χ0) is 59.8. The Bertz CT molecular complexity index is 1840. The number of nitrogens with zero attached hydrogens (tertiary/aromatic N) is 1. The number of aliphatic hydroxyl groups is 1. The molecular formula is C73H126N2O6P+. The highest BCUT2D eigenvalue weighted by Crippen LogP contribution is 2.43. The van der Waals surface area contributed by atoms with E-state index in [0.717, 1.165) is 122 Å². The van der Waals surface area contributed by atoms with Gasteiger partial charge in [0.05, 0.1) is 39.9 Å². The number of phosphoric ester groups is 1. The quantitative estimate of drug-likeness (QED) is 0.0243. The minimum absolute atomic E-state index is 0.0525. The molecule has 0 fully saturated rings. The smallest absolute Gasteiger partial charge is 0.387 e. The van der Waals surface area contributed by atoms with Crippen molar-refractivity contribution < 1.29 is 32.9 Å². The maximum atomic E-state index is 13.0. The van der Waals surface area contributed by atoms with Gasteiger partial charge in [-0.1, -0.05) is 295 Å². The van der Waals surface area contributed by atoms with E-state index in [2.05, 4.69) is 153 Å². The molecule has 1 amide bonds. The van der Waals surface area contributed by atoms with Gasteiger partial charge in [0, 0.05) is 6.42 Å². The van der Waals surface area contributed by atoms with Gasteiger partial charge in [0.1, 0.15) is 13.2 Å². The van der Waals surface area contributed by atoms with Crippen LogP contribution in [0.15, 0.2) is 146 Å². The molecule has 0 bridgehead atoms. The molecule has 3 N–H and O–H groups in total. The van der Waals surface area contributed by atoms with Crippen LogP contribution in [0.3, 0.4) is 0 Å². The van der Waals surface area contributed by atoms with Crippen LogP contribution >= 0.6 is 7.82 Å². The van der Waals surface area contributed by atoms with Gasteiger partial charge in [0.2, 0.25) is 5.91 Å². The number of rotatable bonds is 59. The molecule has 0 spiro atoms. The molecule has 3 atom stereocenters. The SMILES string of the molecule is CC/C=C\C/C=C\C/C=C\C/C=C\C/C=C\C/C=C\C/C=C\C/C=C\C/C=C\C/C=C\C/C=C\CCCCCCCCCC(=O)NC(COP(=O)(O)OCC[N+](C)(C)C)C(O)/C=C/CCCCCCCCCCCCCCCCCCC. The number of allylic oxidation sites excluding steroid dienone is 23. The Morgan fingerprint density at radius 2 is 0.732 bits per heavy atom. The summed E-state index contributed by atoms with van der Waals surface area (Å²) in [5.74, 6) is -0.192. The van der Waals surface area contributed by atoms with E-state index in [9.17, 15) is 19.4 Å². The monoisotopic (exact) mass is 1160 g/mol. The molecule has 0 aliphatic carbocycles. The lowest BCUT2D eigenvalue weighted by molar-refractivity contribution is -0.870. The molecule has 468 valence electrons. The average molecular weight is 1160 g/mol. The van der Waals surface area contributed by atoms with Crippen LogP contribution in [-0.4, -0.2) is 73.4 Å². The minimum atomic E-state index is -4.36. The molecule has 0 saturated carbocycles. The summed E-state index contributed by atoms with van der Waals surface area (Å²) < 4.78 is 23.8. The maximum absolute atomic E-state index is 13.0. The third-order valence-electron chi connectivity index (χ3n) is 14.1. The summed E-state index contributed by atoms with van der Waals surface area (Å²) in [4.78, 5) is 23.4. The van der Waals surface area contributed by atoms with Crippen LogP contribution in [0.4, 0.5) is 0 Å². The number of carbonyl (C=O) groups is 1. The molecule has 0 aromatic rings. The van der Waals surface area contributed by atoms with Crippen molar-refractivity contribution in [1.29, 1.82) is 0 Å². The molecule has 0 aliphatic rings. The topological polar surface area (TPSA) is 105 Å². The normalized spacial score (nSPS) is 14.7. The fourth-order valence-corrected chi connectivity index (χ4v) is 9.67. The maximum Gasteiger partial charge on any atom is 0.472 e. The fourth-order valence-electron chi connectivity index (χ4n) is 8.93. The number of phosphoric acid groups is 1. The summed E-state index contributed by atoms with van der Waals surface area (Å²) in [6, 6.07) is -0.864. The summed E-state index contributed by atoms with van der Waals surface area (Å²) in [6.07, 6.45) is 95.4. The van der Waals surface area contributed by atoms with Crippen molar-refractivity contribution in [2.75, 3.05) is 40.9 Å². The van der Waals surface area contributed by atoms with E-state index in [-0.39, 0.29) is 19.1 Å². The second-order valence-electron chi connectivity index (χ2n) is 23.1. The highest BCUT2D eigenvalue weighted by molar-refractivity contribution is 7.47. The number of hydrogen-bond acceptors (Lipinski definition) is 5. The van der Waals surface area contributed by atoms with Crippen molar-refractivity contribution in [2.24, 2.45) is 0 Å². The van der Waals surface area contributed by atoms with Crippen LogP contribution < -0.4 is 5.32 Å². The van der Waals surface area contributed by atoms with E-state index in [0.29, 0.717) is 17.4 Å². The largest absolute Gasteiger partial charge is 0.472 e. The number of likely N-dealkylation sites (N-methyl/N-ethyl adjacent to an activating group) is 1. The third kappa shape index (κ3) is 64.0. The van der Waals surface area contributed by atoms with Gasteiger partial charge in [-0.3, -0.25) is 13.8 Å². The lowest BCUT2D eigenvalue weighted by Gasteiger charge is -2.25. The zero-order valence-electron chi connectivity index (χ0n) is 53.4. The number of nitrogens with one attached hydrogen (secondary N) is 1. The average Bonchev–Trinajstić information content (AvgIpc) is 3.47. The number of unbranched alkanes of at least 4 members (excludes halogenated alkanes) is 24. The molecule has 9 heteroatoms. The highest BCUT2D eigenvalue weighted by Gasteiger charge is 2.27. The van der Waals surface area contributed by atoms with E-state index in [1.807, 2.05) is 27.2 Å². The van der Waals surface area contributed by atoms with Gasteiger partial charge in [-0.2, -0.15) is 0 Å². The summed E-state index contributed by atoms with van der Waals surface area (Å²) in [5, 5.41) is 14.0. The first-order chi connectivity index (χ1) is 40.0. The summed E-state index contributed by atoms with van der Waals surface area (Å²) in [5.41, 5.74) is 0. The number of carbonyl (C=O) groups excluding carboxylic acids is 1. The van der Waals surface area contributed by atoms with Gasteiger partial charge >= 0.3 is 7.82 Å². The van der Waals surface area contributed by atoms with Crippen molar-refractivity contribution in [3.05, 3.63) is 146 Å². The van der Waals surface area contributed by atoms with Crippen molar-refractivity contribution in [3.63, 3.8) is 0 Å². The first-order valence-corrected chi connectivity index (χ1v) is 34.7. The van der Waals surface area contributed by atoms with Gasteiger partial charge in [-0.15, -0.1) is 0 Å². The van der Waals surface area contributed by atoms with E-state index in [4.69, 9.17) is 9.05 Å². The second-order valence-corrected chi connectivity index (χ2v) is 24.6. The number of quaternary nitrogens is 1. The first kappa shape index (κ1) is 78.4. The number of hydrogen-bond donors (Lipinski definition) is 3. The summed E-state index contributed by atoms with van der Waals surface area (Å²) in [7, 11) is 1.55. The molecule has 8 nitrogen and oxygen atoms in total. The number of amides is 1. The minimum Gasteiger partial charge on any atom is -0.387 e. The molecule has 3 unspecified atom stereocenters. The molecular weight excluding hydrogens is 1030 g/mol. The van der Waals surface area contributed by atoms with Crippen molar-refractivity contribution in [3.8, 4) is 0 Å². The third-order valence-corrected chi connectivity index (χ3v) is 15.0. The van der Waals surface area contributed by atoms with Crippen LogP contribution in [-0.2, 0) is 18.4 Å². The Labute approximate surface area is 506 Å². The van der Waals surface area contributed by atoms with Crippen molar-refractivity contribution in [2.45, 2.75) is 270 Å². The molecule has 82 heavy (non-hydrogen) atoms. The highest BCUT2D eigenvalue weighted by atomic mass is 31.2. The Morgan fingerprint density at radius 3 is 1.07 bits per heavy atom. The van der Waals surface area contributed by atoms with Crippen LogP contribution in [0.1, 0.15) is 258 Å². The Balaban J connectivity index is 4.17. The van der Waals surface area contributed by atoms with E-state index in [1.165, 1.54) is 116 Å². The Morgan fingerprint density at radius 1 is 0.427 bits per heavy atom. The van der Waals surface area contributed by atoms with Crippen molar-refractivity contribution >= 4 is 13.7 Å². The number of aliphatic hydroxyl groups excluding tert-OH is 1. The Hall–Kier alpha value is -3.62. The Kier molecular flexibility index (Phi) is 59.2. The van der Waals surface area contributed by atoms with Gasteiger partial charge in [0.15, 0.2) is 0 Å². The van der Waals surface area contributed by atoms with Crippen LogP contribution in [0.5, 0.6) is 0 Å². The molecule has 0 rings (SSSR count). The molecule has 0 aromatic heterocycles. The summed E-state index contributed by atoms with van der Waals surface area (Å²) >= 11 is 0. The molecule has 0 aromatic carbocycles. The van der Waals surface area contributed by atoms with Crippen LogP contribution in [0.25, 0.3) is 0 Å². The van der Waals surface area contributed by atoms with Crippen LogP contribution in [0.2, 0.25) is 0 Å². The lowest BCUT2D eigenvalue weighted by Crippen LogP contribution is -2.45. The standard InChI is InChI=1S/C73H125N2O6P/c1-6-8-10-12-14-16-18-20-22-24-26-27-28-29-30-31-32-33-34-35-36-37-38-39-40-41-42-43-44-45-46-47-49-51-53-55-57-59-61-63-65-67-73(77)74-71(70-81-82(78,79)80-69-68-75(3,4)5)72(76)66-64-62-60-58-56-54-52-50-48-25-23-21-19-17-15-13-11-9-7-2/h8,10,14,16,20,22,26-27,29-30,32-33,35-36,38-39,41-42,44-45,47,49,64,66,71-72,76H,6-7,9,11-13,15,17-19,21,23-25,28,31,34,37,40,43,46,48,50-63,65,67-70H2,1-5H3,(H-,74,77,78,79)/p+1/b10-8-,16-14-,22-20-,27-26-,30-29-,33-32-,36-35-,39-38-,42-41-,45-44-,49-47-,66-64+. The fraction of sp³-hybridized carbons (Fsp3) is 0.658.